The molecule has 1 amide bonds. The fraction of sp³-hybridized carbons (Fsp3) is 0.409. The molecule has 0 spiro atoms. The van der Waals surface area contributed by atoms with E-state index in [1.807, 2.05) is 32.2 Å². The van der Waals surface area contributed by atoms with E-state index in [9.17, 15) is 4.79 Å². The molecular weight excluding hydrogens is 368 g/mol. The number of hydrogen-bond donors (Lipinski definition) is 1. The predicted molar refractivity (Wildman–Crippen MR) is 116 cm³/mol. The molecule has 3 aromatic rings. The van der Waals surface area contributed by atoms with Gasteiger partial charge in [-0.2, -0.15) is 0 Å². The Morgan fingerprint density at radius 1 is 1.21 bits per heavy atom. The quantitative estimate of drug-likeness (QED) is 0.666. The Morgan fingerprint density at radius 2 is 1.96 bits per heavy atom. The lowest BCUT2D eigenvalue weighted by atomic mass is 10.2. The molecule has 4 rings (SSSR count). The molecule has 1 aliphatic rings. The van der Waals surface area contributed by atoms with Crippen LogP contribution in [0.25, 0.3) is 20.7 Å². The van der Waals surface area contributed by atoms with Crippen molar-refractivity contribution in [1.82, 2.24) is 15.3 Å². The predicted octanol–water partition coefficient (Wildman–Crippen LogP) is 4.55. The number of amides is 1. The average Bonchev–Trinajstić information content (AvgIpc) is 3.35. The van der Waals surface area contributed by atoms with Crippen LogP contribution in [-0.2, 0) is 4.79 Å². The number of rotatable bonds is 6. The van der Waals surface area contributed by atoms with Gasteiger partial charge in [0.05, 0.1) is 5.39 Å². The van der Waals surface area contributed by atoms with Gasteiger partial charge in [0.15, 0.2) is 0 Å². The molecule has 0 atom stereocenters. The molecule has 2 heterocycles. The largest absolute Gasteiger partial charge is 0.359 e. The number of thiophene rings is 1. The van der Waals surface area contributed by atoms with Crippen molar-refractivity contribution in [1.29, 1.82) is 0 Å². The maximum Gasteiger partial charge on any atom is 0.221 e. The minimum atomic E-state index is 0.135. The first-order valence-corrected chi connectivity index (χ1v) is 10.8. The third kappa shape index (κ3) is 4.17. The summed E-state index contributed by atoms with van der Waals surface area (Å²) >= 11 is 1.68. The summed E-state index contributed by atoms with van der Waals surface area (Å²) in [6, 6.07) is 12.9. The van der Waals surface area contributed by atoms with Gasteiger partial charge in [0.2, 0.25) is 5.91 Å². The molecule has 1 fully saturated rings. The molecule has 0 unspecified atom stereocenters. The molecule has 5 nitrogen and oxygen atoms in total. The van der Waals surface area contributed by atoms with Gasteiger partial charge in [-0.3, -0.25) is 4.79 Å². The molecule has 0 saturated heterocycles. The van der Waals surface area contributed by atoms with Crippen molar-refractivity contribution < 1.29 is 4.79 Å². The second kappa shape index (κ2) is 8.27. The molecule has 1 aliphatic carbocycles. The number of carbonyl (C=O) groups is 1. The van der Waals surface area contributed by atoms with Crippen LogP contribution in [0, 0.1) is 6.92 Å². The van der Waals surface area contributed by atoms with Crippen LogP contribution in [0.1, 0.15) is 37.9 Å². The molecule has 0 bridgehead atoms. The molecule has 1 N–H and O–H groups in total. The van der Waals surface area contributed by atoms with Crippen LogP contribution >= 0.6 is 11.3 Å². The number of nitrogens with one attached hydrogen (secondary N) is 1. The van der Waals surface area contributed by atoms with Crippen molar-refractivity contribution in [3.8, 4) is 10.4 Å². The van der Waals surface area contributed by atoms with Gasteiger partial charge >= 0.3 is 0 Å². The Morgan fingerprint density at radius 3 is 2.71 bits per heavy atom. The van der Waals surface area contributed by atoms with E-state index in [0.29, 0.717) is 19.0 Å². The maximum absolute atomic E-state index is 12.3. The molecular formula is C22H26N4OS. The summed E-state index contributed by atoms with van der Waals surface area (Å²) in [5, 5.41) is 4.21. The number of nitrogens with zero attached hydrogens (tertiary/aromatic N) is 3. The van der Waals surface area contributed by atoms with E-state index in [2.05, 4.69) is 38.4 Å². The Hall–Kier alpha value is -2.47. The van der Waals surface area contributed by atoms with Gasteiger partial charge < -0.3 is 10.2 Å². The van der Waals surface area contributed by atoms with E-state index in [1.54, 1.807) is 11.3 Å². The summed E-state index contributed by atoms with van der Waals surface area (Å²) in [4.78, 5) is 25.8. The zero-order valence-corrected chi connectivity index (χ0v) is 17.3. The summed E-state index contributed by atoms with van der Waals surface area (Å²) in [5.74, 6) is 1.79. The average molecular weight is 395 g/mol. The molecule has 2 aromatic heterocycles. The van der Waals surface area contributed by atoms with Gasteiger partial charge in [-0.25, -0.2) is 9.97 Å². The molecule has 1 saturated carbocycles. The van der Waals surface area contributed by atoms with Crippen LogP contribution in [0.4, 0.5) is 5.82 Å². The van der Waals surface area contributed by atoms with Crippen LogP contribution in [0.2, 0.25) is 0 Å². The highest BCUT2D eigenvalue weighted by molar-refractivity contribution is 7.21. The summed E-state index contributed by atoms with van der Waals surface area (Å²) in [7, 11) is 2.00. The Labute approximate surface area is 169 Å². The lowest BCUT2D eigenvalue weighted by Crippen LogP contribution is -2.35. The van der Waals surface area contributed by atoms with Crippen molar-refractivity contribution in [3.63, 3.8) is 0 Å². The SMILES string of the molecule is Cc1nc(N(C)CCC(=O)NC2CCCC2)c2cc(-c3ccccc3)sc2n1. The third-order valence-electron chi connectivity index (χ3n) is 5.30. The van der Waals surface area contributed by atoms with Crippen LogP contribution in [0.15, 0.2) is 36.4 Å². The standard InChI is InChI=1S/C22H26N4OS/c1-15-23-21(26(2)13-12-20(27)25-17-10-6-7-11-17)18-14-19(28-22(18)24-15)16-8-4-3-5-9-16/h3-5,8-9,14,17H,6-7,10-13H2,1-2H3,(H,25,27). The van der Waals surface area contributed by atoms with Crippen molar-refractivity contribution in [2.24, 2.45) is 0 Å². The minimum Gasteiger partial charge on any atom is -0.359 e. The second-order valence-electron chi connectivity index (χ2n) is 7.51. The van der Waals surface area contributed by atoms with Gasteiger partial charge in [-0.15, -0.1) is 11.3 Å². The highest BCUT2D eigenvalue weighted by atomic mass is 32.1. The molecule has 146 valence electrons. The first-order valence-electron chi connectivity index (χ1n) is 9.94. The Balaban J connectivity index is 1.51. The number of aryl methyl sites for hydroxylation is 1. The first kappa shape index (κ1) is 18.9. The molecule has 0 aliphatic heterocycles. The number of anilines is 1. The summed E-state index contributed by atoms with van der Waals surface area (Å²) in [5.41, 5.74) is 1.19. The smallest absolute Gasteiger partial charge is 0.221 e. The highest BCUT2D eigenvalue weighted by Gasteiger charge is 2.18. The fourth-order valence-electron chi connectivity index (χ4n) is 3.79. The molecule has 0 radical (unpaired) electrons. The van der Waals surface area contributed by atoms with Crippen molar-refractivity contribution in [2.45, 2.75) is 45.1 Å². The summed E-state index contributed by atoms with van der Waals surface area (Å²) in [6.45, 7) is 2.56. The van der Waals surface area contributed by atoms with Crippen LogP contribution < -0.4 is 10.2 Å². The van der Waals surface area contributed by atoms with Gasteiger partial charge in [0.1, 0.15) is 16.5 Å². The van der Waals surface area contributed by atoms with Gasteiger partial charge in [0, 0.05) is 30.9 Å². The maximum atomic E-state index is 12.3. The van der Waals surface area contributed by atoms with E-state index in [0.717, 1.165) is 34.7 Å². The van der Waals surface area contributed by atoms with E-state index in [1.165, 1.54) is 23.3 Å². The topological polar surface area (TPSA) is 58.1 Å². The van der Waals surface area contributed by atoms with E-state index < -0.39 is 0 Å². The third-order valence-corrected chi connectivity index (χ3v) is 6.38. The zero-order valence-electron chi connectivity index (χ0n) is 16.4. The molecule has 1 aromatic carbocycles. The van der Waals surface area contributed by atoms with Crippen LogP contribution in [0.3, 0.4) is 0 Å². The fourth-order valence-corrected chi connectivity index (χ4v) is 4.87. The number of fused-ring (bicyclic) bond motifs is 1. The zero-order chi connectivity index (χ0) is 19.5. The Kier molecular flexibility index (Phi) is 5.57. The van der Waals surface area contributed by atoms with E-state index in [-0.39, 0.29) is 5.91 Å². The number of aromatic nitrogens is 2. The number of carbonyl (C=O) groups excluding carboxylic acids is 1. The highest BCUT2D eigenvalue weighted by Crippen LogP contribution is 2.36. The van der Waals surface area contributed by atoms with Crippen molar-refractivity contribution >= 4 is 33.3 Å². The number of benzene rings is 1. The summed E-state index contributed by atoms with van der Waals surface area (Å²) < 4.78 is 0. The van der Waals surface area contributed by atoms with E-state index >= 15 is 0 Å². The monoisotopic (exact) mass is 394 g/mol. The normalized spacial score (nSPS) is 14.5. The first-order chi connectivity index (χ1) is 13.6. The summed E-state index contributed by atoms with van der Waals surface area (Å²) in [6.07, 6.45) is 5.16. The molecule has 6 heteroatoms. The van der Waals surface area contributed by atoms with Gasteiger partial charge in [0.25, 0.3) is 0 Å². The van der Waals surface area contributed by atoms with Gasteiger partial charge in [-0.1, -0.05) is 43.2 Å². The van der Waals surface area contributed by atoms with Crippen molar-refractivity contribution in [2.75, 3.05) is 18.5 Å². The lowest BCUT2D eigenvalue weighted by Gasteiger charge is -2.20. The number of hydrogen-bond acceptors (Lipinski definition) is 5. The van der Waals surface area contributed by atoms with E-state index in [4.69, 9.17) is 0 Å². The second-order valence-corrected chi connectivity index (χ2v) is 8.54. The van der Waals surface area contributed by atoms with Crippen LogP contribution in [-0.4, -0.2) is 35.5 Å². The minimum absolute atomic E-state index is 0.135. The lowest BCUT2D eigenvalue weighted by molar-refractivity contribution is -0.121. The Bertz CT molecular complexity index is 963. The van der Waals surface area contributed by atoms with Gasteiger partial charge in [-0.05, 0) is 31.4 Å². The van der Waals surface area contributed by atoms with Crippen molar-refractivity contribution in [3.05, 3.63) is 42.2 Å². The molecule has 28 heavy (non-hydrogen) atoms. The van der Waals surface area contributed by atoms with Crippen LogP contribution in [0.5, 0.6) is 0 Å².